The van der Waals surface area contributed by atoms with Gasteiger partial charge in [-0.1, -0.05) is 36.8 Å². The molecule has 0 saturated carbocycles. The fraction of sp³-hybridized carbons (Fsp3) is 0.190. The van der Waals surface area contributed by atoms with Gasteiger partial charge in [-0.25, -0.2) is 14.8 Å². The summed E-state index contributed by atoms with van der Waals surface area (Å²) in [6, 6.07) is 14.7. The zero-order valence-electron chi connectivity index (χ0n) is 15.1. The molecule has 0 aliphatic rings. The zero-order chi connectivity index (χ0) is 18.7. The third-order valence-electron chi connectivity index (χ3n) is 4.27. The topological polar surface area (TPSA) is 75.1 Å². The second-order valence-electron chi connectivity index (χ2n) is 6.19. The zero-order valence-corrected chi connectivity index (χ0v) is 15.1. The Kier molecular flexibility index (Phi) is 4.98. The summed E-state index contributed by atoms with van der Waals surface area (Å²) in [5, 5.41) is 12.3. The van der Waals surface area contributed by atoms with E-state index in [0.29, 0.717) is 5.82 Å². The van der Waals surface area contributed by atoms with Crippen LogP contribution in [0.5, 0.6) is 0 Å². The number of anilines is 2. The number of hydrogen-bond acceptors (Lipinski definition) is 4. The Labute approximate surface area is 152 Å². The maximum absolute atomic E-state index is 11.0. The predicted molar refractivity (Wildman–Crippen MR) is 103 cm³/mol. The van der Waals surface area contributed by atoms with Crippen LogP contribution in [-0.2, 0) is 6.42 Å². The summed E-state index contributed by atoms with van der Waals surface area (Å²) in [7, 11) is 0. The van der Waals surface area contributed by atoms with E-state index in [4.69, 9.17) is 10.1 Å². The molecule has 0 unspecified atom stereocenters. The van der Waals surface area contributed by atoms with Crippen molar-refractivity contribution in [3.8, 4) is 11.4 Å². The lowest BCUT2D eigenvalue weighted by molar-refractivity contribution is 0.0697. The smallest absolute Gasteiger partial charge is 0.335 e. The molecule has 0 radical (unpaired) electrons. The standard InChI is InChI=1S/C21H21N3O2/c1-4-18-14(3)22-19(15-7-5-13(2)6-8-15)24-20(18)23-17-11-9-16(10-12-17)21(25)26/h5-12H,4H2,1-3H3,(H,25,26)(H,22,23,24). The van der Waals surface area contributed by atoms with Crippen LogP contribution < -0.4 is 5.32 Å². The number of benzene rings is 2. The van der Waals surface area contributed by atoms with Crippen LogP contribution in [0.3, 0.4) is 0 Å². The molecule has 5 nitrogen and oxygen atoms in total. The molecule has 3 rings (SSSR count). The average Bonchev–Trinajstić information content (AvgIpc) is 2.62. The van der Waals surface area contributed by atoms with Crippen LogP contribution in [0, 0.1) is 13.8 Å². The van der Waals surface area contributed by atoms with Gasteiger partial charge in [0.25, 0.3) is 0 Å². The monoisotopic (exact) mass is 347 g/mol. The van der Waals surface area contributed by atoms with Crippen molar-refractivity contribution in [1.82, 2.24) is 9.97 Å². The van der Waals surface area contributed by atoms with Crippen LogP contribution in [0.25, 0.3) is 11.4 Å². The van der Waals surface area contributed by atoms with Crippen LogP contribution in [-0.4, -0.2) is 21.0 Å². The number of nitrogens with one attached hydrogen (secondary N) is 1. The molecule has 0 aliphatic carbocycles. The number of carbonyl (C=O) groups is 1. The molecule has 5 heteroatoms. The Morgan fingerprint density at radius 3 is 2.23 bits per heavy atom. The van der Waals surface area contributed by atoms with E-state index < -0.39 is 5.97 Å². The van der Waals surface area contributed by atoms with E-state index in [0.717, 1.165) is 34.7 Å². The molecular formula is C21H21N3O2. The van der Waals surface area contributed by atoms with Crippen molar-refractivity contribution in [3.63, 3.8) is 0 Å². The fourth-order valence-electron chi connectivity index (χ4n) is 2.79. The lowest BCUT2D eigenvalue weighted by Crippen LogP contribution is -2.05. The van der Waals surface area contributed by atoms with Gasteiger partial charge in [-0.15, -0.1) is 0 Å². The van der Waals surface area contributed by atoms with E-state index in [-0.39, 0.29) is 5.56 Å². The summed E-state index contributed by atoms with van der Waals surface area (Å²) >= 11 is 0. The van der Waals surface area contributed by atoms with Crippen molar-refractivity contribution in [2.45, 2.75) is 27.2 Å². The van der Waals surface area contributed by atoms with Crippen LogP contribution >= 0.6 is 0 Å². The third kappa shape index (κ3) is 3.72. The van der Waals surface area contributed by atoms with Gasteiger partial charge in [-0.3, -0.25) is 0 Å². The highest BCUT2D eigenvalue weighted by Gasteiger charge is 2.12. The Balaban J connectivity index is 1.99. The average molecular weight is 347 g/mol. The molecule has 132 valence electrons. The van der Waals surface area contributed by atoms with E-state index in [1.807, 2.05) is 38.1 Å². The number of rotatable bonds is 5. The highest BCUT2D eigenvalue weighted by Crippen LogP contribution is 2.26. The molecule has 0 amide bonds. The van der Waals surface area contributed by atoms with Gasteiger partial charge < -0.3 is 10.4 Å². The van der Waals surface area contributed by atoms with Gasteiger partial charge >= 0.3 is 5.97 Å². The molecule has 0 spiro atoms. The van der Waals surface area contributed by atoms with Crippen molar-refractivity contribution in [2.24, 2.45) is 0 Å². The van der Waals surface area contributed by atoms with Crippen molar-refractivity contribution < 1.29 is 9.90 Å². The fourth-order valence-corrected chi connectivity index (χ4v) is 2.79. The first-order valence-corrected chi connectivity index (χ1v) is 8.53. The molecule has 0 fully saturated rings. The minimum Gasteiger partial charge on any atom is -0.478 e. The Morgan fingerprint density at radius 2 is 1.65 bits per heavy atom. The van der Waals surface area contributed by atoms with Crippen LogP contribution in [0.15, 0.2) is 48.5 Å². The highest BCUT2D eigenvalue weighted by atomic mass is 16.4. The highest BCUT2D eigenvalue weighted by molar-refractivity contribution is 5.88. The molecule has 3 aromatic rings. The number of hydrogen-bond donors (Lipinski definition) is 2. The summed E-state index contributed by atoms with van der Waals surface area (Å²) < 4.78 is 0. The first kappa shape index (κ1) is 17.6. The van der Waals surface area contributed by atoms with Gasteiger partial charge in [-0.05, 0) is 44.5 Å². The molecule has 1 aromatic heterocycles. The first-order chi connectivity index (χ1) is 12.5. The SMILES string of the molecule is CCc1c(C)nc(-c2ccc(C)cc2)nc1Nc1ccc(C(=O)O)cc1. The molecule has 1 heterocycles. The van der Waals surface area contributed by atoms with E-state index in [1.54, 1.807) is 24.3 Å². The quantitative estimate of drug-likeness (QED) is 0.696. The number of carboxylic acid groups (broad SMARTS) is 1. The number of aromatic nitrogens is 2. The van der Waals surface area contributed by atoms with Crippen LogP contribution in [0.1, 0.15) is 34.1 Å². The first-order valence-electron chi connectivity index (χ1n) is 8.53. The molecule has 26 heavy (non-hydrogen) atoms. The van der Waals surface area contributed by atoms with Gasteiger partial charge in [0.05, 0.1) is 5.56 Å². The maximum atomic E-state index is 11.0. The summed E-state index contributed by atoms with van der Waals surface area (Å²) in [6.07, 6.45) is 0.801. The molecule has 2 N–H and O–H groups in total. The number of carboxylic acids is 1. The summed E-state index contributed by atoms with van der Waals surface area (Å²) in [5.74, 6) is 0.480. The second-order valence-corrected chi connectivity index (χ2v) is 6.19. The predicted octanol–water partition coefficient (Wildman–Crippen LogP) is 4.76. The largest absolute Gasteiger partial charge is 0.478 e. The van der Waals surface area contributed by atoms with Crippen LogP contribution in [0.4, 0.5) is 11.5 Å². The minimum absolute atomic E-state index is 0.255. The molecule has 0 atom stereocenters. The van der Waals surface area contributed by atoms with Gasteiger partial charge in [0, 0.05) is 22.5 Å². The number of nitrogens with zero attached hydrogens (tertiary/aromatic N) is 2. The van der Waals surface area contributed by atoms with Gasteiger partial charge in [0.15, 0.2) is 5.82 Å². The Hall–Kier alpha value is -3.21. The molecule has 0 saturated heterocycles. The van der Waals surface area contributed by atoms with E-state index in [2.05, 4.69) is 17.2 Å². The van der Waals surface area contributed by atoms with Gasteiger partial charge in [0.1, 0.15) is 5.82 Å². The summed E-state index contributed by atoms with van der Waals surface area (Å²) in [5.41, 5.74) is 5.17. The number of aryl methyl sites for hydroxylation is 2. The maximum Gasteiger partial charge on any atom is 0.335 e. The summed E-state index contributed by atoms with van der Waals surface area (Å²) in [4.78, 5) is 20.4. The lowest BCUT2D eigenvalue weighted by atomic mass is 10.1. The summed E-state index contributed by atoms with van der Waals surface area (Å²) in [6.45, 7) is 6.09. The van der Waals surface area contributed by atoms with E-state index in [1.165, 1.54) is 5.56 Å². The van der Waals surface area contributed by atoms with E-state index >= 15 is 0 Å². The molecular weight excluding hydrogens is 326 g/mol. The van der Waals surface area contributed by atoms with Crippen molar-refractivity contribution in [3.05, 3.63) is 70.9 Å². The van der Waals surface area contributed by atoms with Crippen molar-refractivity contribution in [1.29, 1.82) is 0 Å². The van der Waals surface area contributed by atoms with E-state index in [9.17, 15) is 4.79 Å². The minimum atomic E-state index is -0.940. The normalized spacial score (nSPS) is 10.6. The third-order valence-corrected chi connectivity index (χ3v) is 4.27. The van der Waals surface area contributed by atoms with Gasteiger partial charge in [0.2, 0.25) is 0 Å². The molecule has 0 bridgehead atoms. The lowest BCUT2D eigenvalue weighted by Gasteiger charge is -2.14. The Morgan fingerprint density at radius 1 is 1.00 bits per heavy atom. The van der Waals surface area contributed by atoms with Crippen molar-refractivity contribution >= 4 is 17.5 Å². The van der Waals surface area contributed by atoms with Gasteiger partial charge in [-0.2, -0.15) is 0 Å². The van der Waals surface area contributed by atoms with Crippen molar-refractivity contribution in [2.75, 3.05) is 5.32 Å². The van der Waals surface area contributed by atoms with Crippen LogP contribution in [0.2, 0.25) is 0 Å². The number of aromatic carboxylic acids is 1. The second kappa shape index (κ2) is 7.35. The molecule has 0 aliphatic heterocycles. The Bertz CT molecular complexity index is 933. The molecule has 2 aromatic carbocycles.